The highest BCUT2D eigenvalue weighted by atomic mass is 79.9. The molecule has 0 unspecified atom stereocenters. The molecule has 2 aromatic carbocycles. The van der Waals surface area contributed by atoms with Crippen molar-refractivity contribution >= 4 is 27.9 Å². The molecule has 1 aliphatic heterocycles. The second kappa shape index (κ2) is 6.48. The summed E-state index contributed by atoms with van der Waals surface area (Å²) in [6, 6.07) is 11.0. The number of rotatable bonds is 4. The number of hydrogen-bond donors (Lipinski definition) is 1. The number of carbonyl (C=O) groups is 2. The van der Waals surface area contributed by atoms with E-state index in [-0.39, 0.29) is 18.2 Å². The first-order valence-corrected chi connectivity index (χ1v) is 8.37. The van der Waals surface area contributed by atoms with Crippen LogP contribution < -0.4 is 10.1 Å². The van der Waals surface area contributed by atoms with E-state index in [1.54, 1.807) is 31.2 Å². The number of nitrogens with zero attached hydrogens (tertiary/aromatic N) is 1. The van der Waals surface area contributed by atoms with Gasteiger partial charge in [-0.25, -0.2) is 9.18 Å². The molecule has 0 saturated carbocycles. The molecule has 1 fully saturated rings. The van der Waals surface area contributed by atoms with Crippen molar-refractivity contribution in [2.75, 3.05) is 7.11 Å². The molecule has 2 aromatic rings. The van der Waals surface area contributed by atoms with E-state index >= 15 is 0 Å². The molecule has 1 atom stereocenters. The molecule has 130 valence electrons. The maximum Gasteiger partial charge on any atom is 0.325 e. The van der Waals surface area contributed by atoms with Gasteiger partial charge in [-0.2, -0.15) is 0 Å². The molecule has 0 radical (unpaired) electrons. The van der Waals surface area contributed by atoms with Crippen LogP contribution in [0.25, 0.3) is 0 Å². The summed E-state index contributed by atoms with van der Waals surface area (Å²) in [5.41, 5.74) is 0.00947. The Bertz CT molecular complexity index is 858. The van der Waals surface area contributed by atoms with Crippen molar-refractivity contribution in [2.24, 2.45) is 0 Å². The summed E-state index contributed by atoms with van der Waals surface area (Å²) in [6.07, 6.45) is 0. The van der Waals surface area contributed by atoms with Gasteiger partial charge >= 0.3 is 6.03 Å². The largest absolute Gasteiger partial charge is 0.494 e. The molecule has 3 amide bonds. The van der Waals surface area contributed by atoms with Crippen molar-refractivity contribution in [1.82, 2.24) is 10.2 Å². The van der Waals surface area contributed by atoms with Gasteiger partial charge in [0, 0.05) is 4.47 Å². The van der Waals surface area contributed by atoms with E-state index in [2.05, 4.69) is 21.2 Å². The fourth-order valence-corrected chi connectivity index (χ4v) is 3.23. The summed E-state index contributed by atoms with van der Waals surface area (Å²) in [6.45, 7) is 1.64. The van der Waals surface area contributed by atoms with Crippen LogP contribution in [0.15, 0.2) is 46.9 Å². The number of methoxy groups -OCH3 is 1. The molecule has 0 bridgehead atoms. The highest BCUT2D eigenvalue weighted by Crippen LogP contribution is 2.31. The number of amides is 3. The number of ether oxygens (including phenoxy) is 1. The quantitative estimate of drug-likeness (QED) is 0.789. The number of benzene rings is 2. The second-order valence-corrected chi connectivity index (χ2v) is 6.84. The lowest BCUT2D eigenvalue weighted by atomic mass is 9.92. The Balaban J connectivity index is 1.88. The Morgan fingerprint density at radius 2 is 2.00 bits per heavy atom. The first-order valence-electron chi connectivity index (χ1n) is 7.57. The molecule has 1 aliphatic rings. The summed E-state index contributed by atoms with van der Waals surface area (Å²) >= 11 is 3.37. The van der Waals surface area contributed by atoms with Crippen LogP contribution in [0.1, 0.15) is 18.1 Å². The number of urea groups is 1. The van der Waals surface area contributed by atoms with Gasteiger partial charge in [0.15, 0.2) is 11.6 Å². The summed E-state index contributed by atoms with van der Waals surface area (Å²) in [7, 11) is 1.37. The maximum absolute atomic E-state index is 13.8. The van der Waals surface area contributed by atoms with Gasteiger partial charge in [-0.3, -0.25) is 9.69 Å². The molecule has 0 aromatic heterocycles. The number of halogens is 2. The van der Waals surface area contributed by atoms with Crippen LogP contribution in [0.2, 0.25) is 0 Å². The van der Waals surface area contributed by atoms with E-state index in [0.29, 0.717) is 11.1 Å². The Morgan fingerprint density at radius 3 is 2.64 bits per heavy atom. The number of nitrogens with one attached hydrogen (secondary N) is 1. The van der Waals surface area contributed by atoms with E-state index < -0.39 is 17.4 Å². The molecule has 1 N–H and O–H groups in total. The second-order valence-electron chi connectivity index (χ2n) is 5.93. The van der Waals surface area contributed by atoms with Crippen LogP contribution >= 0.6 is 15.9 Å². The molecule has 0 aliphatic carbocycles. The van der Waals surface area contributed by atoms with E-state index in [1.807, 2.05) is 6.07 Å². The van der Waals surface area contributed by atoms with Crippen LogP contribution in [0, 0.1) is 5.82 Å². The number of imide groups is 1. The molecule has 25 heavy (non-hydrogen) atoms. The van der Waals surface area contributed by atoms with E-state index in [0.717, 1.165) is 9.37 Å². The summed E-state index contributed by atoms with van der Waals surface area (Å²) in [5, 5.41) is 2.73. The molecular weight excluding hydrogens is 391 g/mol. The third-order valence-electron chi connectivity index (χ3n) is 4.23. The molecule has 0 spiro atoms. The Labute approximate surface area is 152 Å². The van der Waals surface area contributed by atoms with Crippen molar-refractivity contribution in [3.63, 3.8) is 0 Å². The highest BCUT2D eigenvalue weighted by molar-refractivity contribution is 9.10. The molecule has 5 nitrogen and oxygen atoms in total. The smallest absolute Gasteiger partial charge is 0.325 e. The number of hydrogen-bond acceptors (Lipinski definition) is 3. The summed E-state index contributed by atoms with van der Waals surface area (Å²) in [4.78, 5) is 26.3. The van der Waals surface area contributed by atoms with Gasteiger partial charge in [0.2, 0.25) is 0 Å². The molecule has 1 saturated heterocycles. The highest BCUT2D eigenvalue weighted by Gasteiger charge is 2.48. The van der Waals surface area contributed by atoms with Crippen molar-refractivity contribution in [3.8, 4) is 5.75 Å². The van der Waals surface area contributed by atoms with Crippen molar-refractivity contribution < 1.29 is 18.7 Å². The monoisotopic (exact) mass is 406 g/mol. The fraction of sp³-hybridized carbons (Fsp3) is 0.222. The first-order chi connectivity index (χ1) is 11.8. The average Bonchev–Trinajstić information content (AvgIpc) is 2.79. The topological polar surface area (TPSA) is 58.6 Å². The lowest BCUT2D eigenvalue weighted by Gasteiger charge is -2.22. The van der Waals surface area contributed by atoms with E-state index in [4.69, 9.17) is 4.74 Å². The van der Waals surface area contributed by atoms with Crippen LogP contribution in [-0.2, 0) is 16.9 Å². The van der Waals surface area contributed by atoms with Crippen LogP contribution in [-0.4, -0.2) is 23.9 Å². The van der Waals surface area contributed by atoms with Crippen LogP contribution in [0.5, 0.6) is 5.75 Å². The lowest BCUT2D eigenvalue weighted by molar-refractivity contribution is -0.131. The van der Waals surface area contributed by atoms with Gasteiger partial charge < -0.3 is 10.1 Å². The lowest BCUT2D eigenvalue weighted by Crippen LogP contribution is -2.40. The summed E-state index contributed by atoms with van der Waals surface area (Å²) in [5.74, 6) is -0.812. The van der Waals surface area contributed by atoms with E-state index in [9.17, 15) is 14.0 Å². The zero-order chi connectivity index (χ0) is 18.2. The van der Waals surface area contributed by atoms with Crippen molar-refractivity contribution in [3.05, 3.63) is 63.9 Å². The third kappa shape index (κ3) is 3.11. The first kappa shape index (κ1) is 17.4. The molecule has 7 heteroatoms. The van der Waals surface area contributed by atoms with Gasteiger partial charge in [-0.05, 0) is 42.3 Å². The minimum atomic E-state index is -1.16. The van der Waals surface area contributed by atoms with Crippen molar-refractivity contribution in [1.29, 1.82) is 0 Å². The van der Waals surface area contributed by atoms with Crippen molar-refractivity contribution in [2.45, 2.75) is 19.0 Å². The minimum Gasteiger partial charge on any atom is -0.494 e. The van der Waals surface area contributed by atoms with Gasteiger partial charge in [0.25, 0.3) is 5.91 Å². The standard InChI is InChI=1S/C18H16BrFN2O3/c1-18(12-4-3-5-13(19)9-12)16(23)22(17(24)21-18)10-11-6-7-15(25-2)14(20)8-11/h3-9H,10H2,1-2H3,(H,21,24)/t18-/m0/s1. The zero-order valence-corrected chi connectivity index (χ0v) is 15.3. The average molecular weight is 407 g/mol. The van der Waals surface area contributed by atoms with Gasteiger partial charge in [0.1, 0.15) is 5.54 Å². The fourth-order valence-electron chi connectivity index (χ4n) is 2.83. The normalized spacial score (nSPS) is 19.9. The van der Waals surface area contributed by atoms with Crippen LogP contribution in [0.3, 0.4) is 0 Å². The molecular formula is C18H16BrFN2O3. The van der Waals surface area contributed by atoms with Gasteiger partial charge in [-0.15, -0.1) is 0 Å². The van der Waals surface area contributed by atoms with Crippen LogP contribution in [0.4, 0.5) is 9.18 Å². The van der Waals surface area contributed by atoms with E-state index in [1.165, 1.54) is 19.2 Å². The predicted octanol–water partition coefficient (Wildman–Crippen LogP) is 3.56. The SMILES string of the molecule is COc1ccc(CN2C(=O)N[C@@](C)(c3cccc(Br)c3)C2=O)cc1F. The van der Waals surface area contributed by atoms with Gasteiger partial charge in [0.05, 0.1) is 13.7 Å². The Morgan fingerprint density at radius 1 is 1.24 bits per heavy atom. The van der Waals surface area contributed by atoms with Gasteiger partial charge in [-0.1, -0.05) is 34.1 Å². The minimum absolute atomic E-state index is 0.0187. The molecule has 3 rings (SSSR count). The third-order valence-corrected chi connectivity index (χ3v) is 4.73. The zero-order valence-electron chi connectivity index (χ0n) is 13.7. The number of carbonyl (C=O) groups excluding carboxylic acids is 2. The molecule has 1 heterocycles. The Kier molecular flexibility index (Phi) is 4.51. The summed E-state index contributed by atoms with van der Waals surface area (Å²) < 4.78 is 19.5. The maximum atomic E-state index is 13.8. The predicted molar refractivity (Wildman–Crippen MR) is 93.5 cm³/mol. The Hall–Kier alpha value is -2.41.